The zero-order valence-corrected chi connectivity index (χ0v) is 11.5. The number of aryl methyl sites for hydroxylation is 1. The summed E-state index contributed by atoms with van der Waals surface area (Å²) in [5, 5.41) is 3.75. The minimum atomic E-state index is -0.295. The molecule has 0 spiro atoms. The molecule has 0 aromatic heterocycles. The maximum atomic E-state index is 13.4. The van der Waals surface area contributed by atoms with Crippen molar-refractivity contribution in [3.05, 3.63) is 58.4 Å². The minimum Gasteiger partial charge on any atom is -0.313 e. The van der Waals surface area contributed by atoms with Gasteiger partial charge < -0.3 is 5.32 Å². The molecule has 1 atom stereocenters. The second-order valence-electron chi connectivity index (χ2n) is 4.95. The van der Waals surface area contributed by atoms with Gasteiger partial charge in [-0.25, -0.2) is 4.39 Å². The smallest absolute Gasteiger partial charge is 0.125 e. The molecule has 0 radical (unpaired) electrons. The van der Waals surface area contributed by atoms with E-state index in [1.54, 1.807) is 6.07 Å². The third-order valence-electron chi connectivity index (χ3n) is 3.77. The van der Waals surface area contributed by atoms with Crippen LogP contribution in [-0.2, 0) is 6.42 Å². The van der Waals surface area contributed by atoms with Crippen LogP contribution in [0, 0.1) is 5.82 Å². The van der Waals surface area contributed by atoms with E-state index in [-0.39, 0.29) is 5.82 Å². The molecule has 0 saturated heterocycles. The average molecular weight is 276 g/mol. The maximum Gasteiger partial charge on any atom is 0.125 e. The van der Waals surface area contributed by atoms with Crippen LogP contribution in [0.3, 0.4) is 0 Å². The van der Waals surface area contributed by atoms with Gasteiger partial charge >= 0.3 is 0 Å². The molecule has 0 bridgehead atoms. The number of hydrogen-bond donors (Lipinski definition) is 1. The highest BCUT2D eigenvalue weighted by molar-refractivity contribution is 6.30. The van der Waals surface area contributed by atoms with Crippen LogP contribution in [-0.4, -0.2) is 7.05 Å². The number of rotatable bonds is 2. The highest BCUT2D eigenvalue weighted by Gasteiger charge is 2.21. The number of halogens is 2. The molecule has 1 aliphatic rings. The molecule has 0 amide bonds. The van der Waals surface area contributed by atoms with Crippen LogP contribution in [0.4, 0.5) is 4.39 Å². The van der Waals surface area contributed by atoms with E-state index in [2.05, 4.69) is 17.4 Å². The van der Waals surface area contributed by atoms with E-state index in [4.69, 9.17) is 11.6 Å². The van der Waals surface area contributed by atoms with E-state index in [0.29, 0.717) is 11.1 Å². The molecular weight excluding hydrogens is 261 g/mol. The summed E-state index contributed by atoms with van der Waals surface area (Å²) in [5.41, 5.74) is 4.56. The predicted octanol–water partition coefficient (Wildman–Crippen LogP) is 4.35. The lowest BCUT2D eigenvalue weighted by molar-refractivity contribution is 0.590. The Kier molecular flexibility index (Phi) is 3.29. The second-order valence-corrected chi connectivity index (χ2v) is 5.39. The van der Waals surface area contributed by atoms with Crippen molar-refractivity contribution in [2.24, 2.45) is 0 Å². The standard InChI is InChI=1S/C16H15ClFN/c1-19-16-5-3-11-6-10(2-4-15(11)16)12-7-13(17)9-14(18)8-12/h2,4,6-9,16,19H,3,5H2,1H3. The van der Waals surface area contributed by atoms with Gasteiger partial charge in [0.25, 0.3) is 0 Å². The van der Waals surface area contributed by atoms with Crippen LogP contribution < -0.4 is 5.32 Å². The summed E-state index contributed by atoms with van der Waals surface area (Å²) in [6.07, 6.45) is 2.19. The topological polar surface area (TPSA) is 12.0 Å². The van der Waals surface area contributed by atoms with Gasteiger partial charge in [-0.1, -0.05) is 29.8 Å². The fourth-order valence-electron chi connectivity index (χ4n) is 2.82. The average Bonchev–Trinajstić information content (AvgIpc) is 2.79. The van der Waals surface area contributed by atoms with Gasteiger partial charge in [-0.3, -0.25) is 0 Å². The normalized spacial score (nSPS) is 17.5. The van der Waals surface area contributed by atoms with E-state index in [1.165, 1.54) is 23.3 Å². The monoisotopic (exact) mass is 275 g/mol. The molecule has 2 aromatic rings. The van der Waals surface area contributed by atoms with E-state index in [0.717, 1.165) is 24.0 Å². The van der Waals surface area contributed by atoms with Gasteiger partial charge in [-0.15, -0.1) is 0 Å². The lowest BCUT2D eigenvalue weighted by atomic mass is 10.00. The van der Waals surface area contributed by atoms with Crippen molar-refractivity contribution in [3.8, 4) is 11.1 Å². The Bertz CT molecular complexity index is 604. The Morgan fingerprint density at radius 3 is 2.74 bits per heavy atom. The molecule has 98 valence electrons. The molecule has 2 aromatic carbocycles. The fourth-order valence-corrected chi connectivity index (χ4v) is 3.04. The van der Waals surface area contributed by atoms with Gasteiger partial charge in [0.15, 0.2) is 0 Å². The molecule has 1 unspecified atom stereocenters. The number of fused-ring (bicyclic) bond motifs is 1. The summed E-state index contributed by atoms with van der Waals surface area (Å²) < 4.78 is 13.4. The molecular formula is C16H15ClFN. The van der Waals surface area contributed by atoms with Crippen molar-refractivity contribution >= 4 is 11.6 Å². The van der Waals surface area contributed by atoms with Crippen LogP contribution in [0.5, 0.6) is 0 Å². The van der Waals surface area contributed by atoms with Crippen molar-refractivity contribution in [3.63, 3.8) is 0 Å². The van der Waals surface area contributed by atoms with E-state index < -0.39 is 0 Å². The Labute approximate surface area is 117 Å². The number of hydrogen-bond acceptors (Lipinski definition) is 1. The van der Waals surface area contributed by atoms with E-state index in [1.807, 2.05) is 13.1 Å². The van der Waals surface area contributed by atoms with E-state index in [9.17, 15) is 4.39 Å². The first-order valence-electron chi connectivity index (χ1n) is 6.44. The van der Waals surface area contributed by atoms with Crippen LogP contribution in [0.25, 0.3) is 11.1 Å². The van der Waals surface area contributed by atoms with Crippen molar-refractivity contribution < 1.29 is 4.39 Å². The zero-order chi connectivity index (χ0) is 13.4. The van der Waals surface area contributed by atoms with Gasteiger partial charge in [-0.05, 0) is 60.3 Å². The molecule has 19 heavy (non-hydrogen) atoms. The first-order valence-corrected chi connectivity index (χ1v) is 6.82. The largest absolute Gasteiger partial charge is 0.313 e. The SMILES string of the molecule is CNC1CCc2cc(-c3cc(F)cc(Cl)c3)ccc21. The molecule has 0 fully saturated rings. The molecule has 3 rings (SSSR count). The summed E-state index contributed by atoms with van der Waals surface area (Å²) in [5.74, 6) is -0.295. The summed E-state index contributed by atoms with van der Waals surface area (Å²) in [4.78, 5) is 0. The predicted molar refractivity (Wildman–Crippen MR) is 77.0 cm³/mol. The van der Waals surface area contributed by atoms with Crippen LogP contribution >= 0.6 is 11.6 Å². The van der Waals surface area contributed by atoms with Gasteiger partial charge in [0.2, 0.25) is 0 Å². The third kappa shape index (κ3) is 2.38. The number of nitrogens with one attached hydrogen (secondary N) is 1. The summed E-state index contributed by atoms with van der Waals surface area (Å²) in [6, 6.07) is 11.4. The van der Waals surface area contributed by atoms with E-state index >= 15 is 0 Å². The van der Waals surface area contributed by atoms with Gasteiger partial charge in [-0.2, -0.15) is 0 Å². The summed E-state index contributed by atoms with van der Waals surface area (Å²) in [7, 11) is 1.99. The maximum absolute atomic E-state index is 13.4. The number of benzene rings is 2. The van der Waals surface area contributed by atoms with Crippen molar-refractivity contribution in [2.75, 3.05) is 7.05 Å². The highest BCUT2D eigenvalue weighted by Crippen LogP contribution is 2.34. The first-order chi connectivity index (χ1) is 9.17. The fraction of sp³-hybridized carbons (Fsp3) is 0.250. The third-order valence-corrected chi connectivity index (χ3v) is 3.98. The molecule has 0 heterocycles. The molecule has 1 nitrogen and oxygen atoms in total. The lowest BCUT2D eigenvalue weighted by Gasteiger charge is -2.11. The summed E-state index contributed by atoms with van der Waals surface area (Å²) >= 11 is 5.91. The summed E-state index contributed by atoms with van der Waals surface area (Å²) in [6.45, 7) is 0. The van der Waals surface area contributed by atoms with Crippen LogP contribution in [0.1, 0.15) is 23.6 Å². The molecule has 1 aliphatic carbocycles. The lowest BCUT2D eigenvalue weighted by Crippen LogP contribution is -2.12. The van der Waals surface area contributed by atoms with Crippen molar-refractivity contribution in [2.45, 2.75) is 18.9 Å². The Morgan fingerprint density at radius 2 is 2.00 bits per heavy atom. The first kappa shape index (κ1) is 12.6. The zero-order valence-electron chi connectivity index (χ0n) is 10.7. The Morgan fingerprint density at radius 1 is 1.16 bits per heavy atom. The molecule has 0 aliphatic heterocycles. The van der Waals surface area contributed by atoms with Crippen molar-refractivity contribution in [1.29, 1.82) is 0 Å². The second kappa shape index (κ2) is 4.95. The Hall–Kier alpha value is -1.38. The van der Waals surface area contributed by atoms with Gasteiger partial charge in [0, 0.05) is 11.1 Å². The molecule has 3 heteroatoms. The van der Waals surface area contributed by atoms with Gasteiger partial charge in [0.05, 0.1) is 0 Å². The van der Waals surface area contributed by atoms with Crippen LogP contribution in [0.15, 0.2) is 36.4 Å². The molecule has 1 N–H and O–H groups in total. The molecule has 0 saturated carbocycles. The minimum absolute atomic E-state index is 0.295. The Balaban J connectivity index is 2.03. The highest BCUT2D eigenvalue weighted by atomic mass is 35.5. The van der Waals surface area contributed by atoms with Gasteiger partial charge in [0.1, 0.15) is 5.82 Å². The van der Waals surface area contributed by atoms with Crippen LogP contribution in [0.2, 0.25) is 5.02 Å². The van der Waals surface area contributed by atoms with Crippen molar-refractivity contribution in [1.82, 2.24) is 5.32 Å². The quantitative estimate of drug-likeness (QED) is 0.859.